The molecule has 1 aliphatic carbocycles. The number of hydrogen-bond acceptors (Lipinski definition) is 3. The van der Waals surface area contributed by atoms with Gasteiger partial charge in [0.1, 0.15) is 11.5 Å². The molecule has 130 valence electrons. The third-order valence-electron chi connectivity index (χ3n) is 4.64. The second-order valence-corrected chi connectivity index (χ2v) is 6.64. The number of carbonyl (C=O) groups excluding carboxylic acids is 2. The van der Waals surface area contributed by atoms with Crippen molar-refractivity contribution in [3.8, 4) is 0 Å². The number of carbonyl (C=O) groups is 2. The van der Waals surface area contributed by atoms with Crippen molar-refractivity contribution in [1.29, 1.82) is 0 Å². The standard InChI is InChI=1S/C18H19FN4O2/c19-14-5-3-12(4-6-14)10-20-17(24)15-9-16-18(25)22(11-13-1-2-13)7-8-23(16)21-15/h3-6,9,13H,1-2,7-8,10-11H2,(H,20,24). The molecule has 0 radical (unpaired) electrons. The van der Waals surface area contributed by atoms with Crippen LogP contribution in [-0.2, 0) is 13.1 Å². The first-order chi connectivity index (χ1) is 12.1. The van der Waals surface area contributed by atoms with Crippen molar-refractivity contribution in [2.45, 2.75) is 25.9 Å². The highest BCUT2D eigenvalue weighted by Gasteiger charge is 2.32. The van der Waals surface area contributed by atoms with Gasteiger partial charge < -0.3 is 10.2 Å². The van der Waals surface area contributed by atoms with Crippen molar-refractivity contribution in [2.24, 2.45) is 5.92 Å². The molecule has 1 aromatic carbocycles. The molecular weight excluding hydrogens is 323 g/mol. The normalized spacial score (nSPS) is 16.7. The molecule has 0 saturated heterocycles. The molecule has 0 spiro atoms. The number of rotatable bonds is 5. The third kappa shape index (κ3) is 3.40. The van der Waals surface area contributed by atoms with E-state index in [4.69, 9.17) is 0 Å². The number of nitrogens with one attached hydrogen (secondary N) is 1. The Labute approximate surface area is 144 Å². The van der Waals surface area contributed by atoms with E-state index in [1.165, 1.54) is 25.0 Å². The number of fused-ring (bicyclic) bond motifs is 1. The van der Waals surface area contributed by atoms with Crippen LogP contribution >= 0.6 is 0 Å². The maximum atomic E-state index is 12.9. The molecule has 1 aliphatic heterocycles. The lowest BCUT2D eigenvalue weighted by molar-refractivity contribution is 0.0688. The number of halogens is 1. The Bertz CT molecular complexity index is 811. The van der Waals surface area contributed by atoms with E-state index < -0.39 is 0 Å². The lowest BCUT2D eigenvalue weighted by Gasteiger charge is -2.27. The molecule has 2 aromatic rings. The predicted octanol–water partition coefficient (Wildman–Crippen LogP) is 1.82. The van der Waals surface area contributed by atoms with Gasteiger partial charge in [0.25, 0.3) is 11.8 Å². The van der Waals surface area contributed by atoms with Crippen LogP contribution in [0.2, 0.25) is 0 Å². The monoisotopic (exact) mass is 342 g/mol. The molecule has 0 bridgehead atoms. The van der Waals surface area contributed by atoms with Gasteiger partial charge in [0.15, 0.2) is 5.69 Å². The van der Waals surface area contributed by atoms with Crippen molar-refractivity contribution in [2.75, 3.05) is 13.1 Å². The Hall–Kier alpha value is -2.70. The lowest BCUT2D eigenvalue weighted by atomic mass is 10.2. The van der Waals surface area contributed by atoms with E-state index >= 15 is 0 Å². The summed E-state index contributed by atoms with van der Waals surface area (Å²) in [6.07, 6.45) is 2.39. The molecule has 25 heavy (non-hydrogen) atoms. The van der Waals surface area contributed by atoms with E-state index in [-0.39, 0.29) is 29.9 Å². The summed E-state index contributed by atoms with van der Waals surface area (Å²) in [5, 5.41) is 7.00. The van der Waals surface area contributed by atoms with Crippen LogP contribution in [-0.4, -0.2) is 39.6 Å². The minimum Gasteiger partial charge on any atom is -0.347 e. The molecule has 2 heterocycles. The Kier molecular flexibility index (Phi) is 3.99. The van der Waals surface area contributed by atoms with Gasteiger partial charge in [-0.05, 0) is 36.5 Å². The number of aromatic nitrogens is 2. The molecule has 1 aromatic heterocycles. The van der Waals surface area contributed by atoms with E-state index in [0.29, 0.717) is 24.7 Å². The molecule has 4 rings (SSSR count). The topological polar surface area (TPSA) is 67.2 Å². The fourth-order valence-electron chi connectivity index (χ4n) is 3.01. The second-order valence-electron chi connectivity index (χ2n) is 6.64. The van der Waals surface area contributed by atoms with Crippen LogP contribution in [0.1, 0.15) is 39.4 Å². The van der Waals surface area contributed by atoms with E-state index in [1.54, 1.807) is 22.9 Å². The predicted molar refractivity (Wildman–Crippen MR) is 88.4 cm³/mol. The van der Waals surface area contributed by atoms with Gasteiger partial charge in [0.05, 0.1) is 6.54 Å². The summed E-state index contributed by atoms with van der Waals surface area (Å²) in [7, 11) is 0. The smallest absolute Gasteiger partial charge is 0.272 e. The summed E-state index contributed by atoms with van der Waals surface area (Å²) < 4.78 is 14.5. The number of benzene rings is 1. The largest absolute Gasteiger partial charge is 0.347 e. The third-order valence-corrected chi connectivity index (χ3v) is 4.64. The number of amides is 2. The summed E-state index contributed by atoms with van der Waals surface area (Å²) in [6, 6.07) is 7.50. The zero-order valence-electron chi connectivity index (χ0n) is 13.7. The van der Waals surface area contributed by atoms with Crippen LogP contribution < -0.4 is 5.32 Å². The zero-order chi connectivity index (χ0) is 17.4. The maximum Gasteiger partial charge on any atom is 0.272 e. The van der Waals surface area contributed by atoms with Crippen LogP contribution in [0.15, 0.2) is 30.3 Å². The highest BCUT2D eigenvalue weighted by atomic mass is 19.1. The first-order valence-electron chi connectivity index (χ1n) is 8.50. The first-order valence-corrected chi connectivity index (χ1v) is 8.50. The van der Waals surface area contributed by atoms with Crippen molar-refractivity contribution in [3.63, 3.8) is 0 Å². The van der Waals surface area contributed by atoms with Gasteiger partial charge in [-0.2, -0.15) is 5.10 Å². The quantitative estimate of drug-likeness (QED) is 0.901. The van der Waals surface area contributed by atoms with Crippen LogP contribution in [0.25, 0.3) is 0 Å². The summed E-state index contributed by atoms with van der Waals surface area (Å²) in [5.41, 5.74) is 1.50. The van der Waals surface area contributed by atoms with Crippen molar-refractivity contribution < 1.29 is 14.0 Å². The van der Waals surface area contributed by atoms with Crippen LogP contribution in [0.4, 0.5) is 4.39 Å². The Morgan fingerprint density at radius 1 is 1.24 bits per heavy atom. The van der Waals surface area contributed by atoms with Crippen LogP contribution in [0.3, 0.4) is 0 Å². The van der Waals surface area contributed by atoms with Crippen molar-refractivity contribution >= 4 is 11.8 Å². The minimum atomic E-state index is -0.340. The number of nitrogens with zero attached hydrogens (tertiary/aromatic N) is 3. The van der Waals surface area contributed by atoms with E-state index in [9.17, 15) is 14.0 Å². The number of hydrogen-bond donors (Lipinski definition) is 1. The average molecular weight is 342 g/mol. The molecule has 7 heteroatoms. The van der Waals surface area contributed by atoms with Gasteiger partial charge in [-0.25, -0.2) is 4.39 Å². The van der Waals surface area contributed by atoms with E-state index in [1.807, 2.05) is 4.90 Å². The fourth-order valence-corrected chi connectivity index (χ4v) is 3.01. The molecule has 6 nitrogen and oxygen atoms in total. The van der Waals surface area contributed by atoms with Crippen molar-refractivity contribution in [1.82, 2.24) is 20.0 Å². The average Bonchev–Trinajstić information content (AvgIpc) is 3.32. The van der Waals surface area contributed by atoms with E-state index in [0.717, 1.165) is 12.1 Å². The van der Waals surface area contributed by atoms with Crippen LogP contribution in [0, 0.1) is 11.7 Å². The van der Waals surface area contributed by atoms with Crippen molar-refractivity contribution in [3.05, 3.63) is 53.1 Å². The Morgan fingerprint density at radius 3 is 2.72 bits per heavy atom. The van der Waals surface area contributed by atoms with Gasteiger partial charge in [0, 0.05) is 25.7 Å². The van der Waals surface area contributed by atoms with E-state index in [2.05, 4.69) is 10.4 Å². The minimum absolute atomic E-state index is 0.0526. The molecule has 1 fully saturated rings. The molecule has 2 aliphatic rings. The first kappa shape index (κ1) is 15.8. The summed E-state index contributed by atoms with van der Waals surface area (Å²) in [5.74, 6) is -0.0704. The SMILES string of the molecule is O=C(NCc1ccc(F)cc1)c1cc2n(n1)CCN(CC1CC1)C2=O. The molecule has 2 amide bonds. The Balaban J connectivity index is 1.42. The summed E-state index contributed by atoms with van der Waals surface area (Å²) in [4.78, 5) is 26.7. The maximum absolute atomic E-state index is 12.9. The van der Waals surface area contributed by atoms with Crippen LogP contribution in [0.5, 0.6) is 0 Å². The molecule has 1 saturated carbocycles. The summed E-state index contributed by atoms with van der Waals surface area (Å²) in [6.45, 7) is 2.33. The van der Waals surface area contributed by atoms with Gasteiger partial charge in [-0.1, -0.05) is 12.1 Å². The molecular formula is C18H19FN4O2. The molecule has 1 N–H and O–H groups in total. The zero-order valence-corrected chi connectivity index (χ0v) is 13.7. The Morgan fingerprint density at radius 2 is 2.00 bits per heavy atom. The van der Waals surface area contributed by atoms with Gasteiger partial charge in [-0.15, -0.1) is 0 Å². The van der Waals surface area contributed by atoms with Gasteiger partial charge in [-0.3, -0.25) is 14.3 Å². The lowest BCUT2D eigenvalue weighted by Crippen LogP contribution is -2.41. The highest BCUT2D eigenvalue weighted by Crippen LogP contribution is 2.30. The summed E-state index contributed by atoms with van der Waals surface area (Å²) >= 11 is 0. The molecule has 0 atom stereocenters. The van der Waals surface area contributed by atoms with Gasteiger partial charge >= 0.3 is 0 Å². The van der Waals surface area contributed by atoms with Gasteiger partial charge in [0.2, 0.25) is 0 Å². The fraction of sp³-hybridized carbons (Fsp3) is 0.389. The molecule has 0 unspecified atom stereocenters. The highest BCUT2D eigenvalue weighted by molar-refractivity contribution is 5.98. The second kappa shape index (κ2) is 6.31.